The van der Waals surface area contributed by atoms with Crippen LogP contribution in [0.25, 0.3) is 10.9 Å². The molecule has 0 atom stereocenters. The number of benzene rings is 2. The van der Waals surface area contributed by atoms with E-state index in [4.69, 9.17) is 4.74 Å². The monoisotopic (exact) mass is 377 g/mol. The second-order valence-corrected chi connectivity index (χ2v) is 6.50. The standard InChI is InChI=1S/C21H20FN5O/c1-14-23-6-7-27(14)12-16-5-3-4-15(8-16)11-24-21-17-9-20(28-2)18(22)10-19(17)25-13-26-21/h3-10,13H,11-12H2,1-2H3,(H,24,25,26). The third kappa shape index (κ3) is 3.64. The lowest BCUT2D eigenvalue weighted by Crippen LogP contribution is -2.05. The minimum Gasteiger partial charge on any atom is -0.494 e. The first kappa shape index (κ1) is 17.9. The molecular weight excluding hydrogens is 357 g/mol. The number of hydrogen-bond donors (Lipinski definition) is 1. The van der Waals surface area contributed by atoms with E-state index in [1.165, 1.54) is 25.1 Å². The summed E-state index contributed by atoms with van der Waals surface area (Å²) in [6.07, 6.45) is 5.20. The van der Waals surface area contributed by atoms with Crippen LogP contribution in [0.4, 0.5) is 10.2 Å². The van der Waals surface area contributed by atoms with Gasteiger partial charge in [-0.25, -0.2) is 19.3 Å². The first-order valence-electron chi connectivity index (χ1n) is 8.91. The Morgan fingerprint density at radius 3 is 2.75 bits per heavy atom. The van der Waals surface area contributed by atoms with Gasteiger partial charge in [0.15, 0.2) is 11.6 Å². The van der Waals surface area contributed by atoms with Crippen LogP contribution in [0.2, 0.25) is 0 Å². The van der Waals surface area contributed by atoms with E-state index in [1.54, 1.807) is 12.3 Å². The number of rotatable bonds is 6. The van der Waals surface area contributed by atoms with Crippen LogP contribution in [-0.4, -0.2) is 26.6 Å². The molecule has 0 saturated carbocycles. The molecule has 0 fully saturated rings. The molecule has 7 heteroatoms. The van der Waals surface area contributed by atoms with E-state index < -0.39 is 5.82 Å². The van der Waals surface area contributed by atoms with E-state index >= 15 is 0 Å². The van der Waals surface area contributed by atoms with Crippen molar-refractivity contribution in [1.29, 1.82) is 0 Å². The summed E-state index contributed by atoms with van der Waals surface area (Å²) in [5, 5.41) is 4.04. The molecule has 0 saturated heterocycles. The second kappa shape index (κ2) is 7.64. The predicted octanol–water partition coefficient (Wildman–Crippen LogP) is 3.94. The van der Waals surface area contributed by atoms with E-state index in [9.17, 15) is 4.39 Å². The van der Waals surface area contributed by atoms with Gasteiger partial charge in [-0.15, -0.1) is 0 Å². The Morgan fingerprint density at radius 2 is 1.96 bits per heavy atom. The van der Waals surface area contributed by atoms with Gasteiger partial charge in [-0.2, -0.15) is 0 Å². The Labute approximate surface area is 162 Å². The fourth-order valence-electron chi connectivity index (χ4n) is 3.15. The van der Waals surface area contributed by atoms with Gasteiger partial charge in [0.05, 0.1) is 12.6 Å². The van der Waals surface area contributed by atoms with Gasteiger partial charge in [0.1, 0.15) is 18.0 Å². The molecule has 4 rings (SSSR count). The van der Waals surface area contributed by atoms with Crippen LogP contribution in [-0.2, 0) is 13.1 Å². The molecule has 2 aromatic heterocycles. The molecule has 28 heavy (non-hydrogen) atoms. The van der Waals surface area contributed by atoms with E-state index in [0.717, 1.165) is 17.9 Å². The van der Waals surface area contributed by atoms with Gasteiger partial charge in [-0.05, 0) is 24.1 Å². The highest BCUT2D eigenvalue weighted by atomic mass is 19.1. The number of hydrogen-bond acceptors (Lipinski definition) is 5. The maximum atomic E-state index is 13.9. The van der Waals surface area contributed by atoms with Gasteiger partial charge in [0.2, 0.25) is 0 Å². The summed E-state index contributed by atoms with van der Waals surface area (Å²) >= 11 is 0. The largest absolute Gasteiger partial charge is 0.494 e. The zero-order valence-corrected chi connectivity index (χ0v) is 15.7. The van der Waals surface area contributed by atoms with Crippen LogP contribution in [0.15, 0.2) is 55.1 Å². The Hall–Kier alpha value is -3.48. The Morgan fingerprint density at radius 1 is 1.11 bits per heavy atom. The fourth-order valence-corrected chi connectivity index (χ4v) is 3.15. The summed E-state index contributed by atoms with van der Waals surface area (Å²) in [4.78, 5) is 12.7. The van der Waals surface area contributed by atoms with Crippen molar-refractivity contribution < 1.29 is 9.13 Å². The van der Waals surface area contributed by atoms with Crippen LogP contribution in [0.3, 0.4) is 0 Å². The van der Waals surface area contributed by atoms with Crippen molar-refractivity contribution in [2.45, 2.75) is 20.0 Å². The number of methoxy groups -OCH3 is 1. The van der Waals surface area contributed by atoms with Crippen molar-refractivity contribution in [3.8, 4) is 5.75 Å². The summed E-state index contributed by atoms with van der Waals surface area (Å²) < 4.78 is 21.1. The first-order valence-corrected chi connectivity index (χ1v) is 8.91. The van der Waals surface area contributed by atoms with Gasteiger partial charge >= 0.3 is 0 Å². The second-order valence-electron chi connectivity index (χ2n) is 6.50. The third-order valence-electron chi connectivity index (χ3n) is 4.64. The molecule has 0 spiro atoms. The smallest absolute Gasteiger partial charge is 0.167 e. The topological polar surface area (TPSA) is 64.9 Å². The predicted molar refractivity (Wildman–Crippen MR) is 106 cm³/mol. The summed E-state index contributed by atoms with van der Waals surface area (Å²) in [6, 6.07) is 11.3. The van der Waals surface area contributed by atoms with Crippen molar-refractivity contribution in [1.82, 2.24) is 19.5 Å². The minimum atomic E-state index is -0.442. The molecule has 0 unspecified atom stereocenters. The normalized spacial score (nSPS) is 11.0. The lowest BCUT2D eigenvalue weighted by atomic mass is 10.1. The van der Waals surface area contributed by atoms with E-state index in [-0.39, 0.29) is 5.75 Å². The number of halogens is 1. The number of imidazole rings is 1. The minimum absolute atomic E-state index is 0.169. The van der Waals surface area contributed by atoms with Crippen molar-refractivity contribution >= 4 is 16.7 Å². The molecule has 142 valence electrons. The number of nitrogens with zero attached hydrogens (tertiary/aromatic N) is 4. The van der Waals surface area contributed by atoms with Crippen LogP contribution in [0, 0.1) is 12.7 Å². The van der Waals surface area contributed by atoms with Gasteiger partial charge in [-0.3, -0.25) is 0 Å². The molecule has 2 heterocycles. The number of fused-ring (bicyclic) bond motifs is 1. The summed E-state index contributed by atoms with van der Waals surface area (Å²) in [5.74, 6) is 1.35. The van der Waals surface area contributed by atoms with Gasteiger partial charge in [0.25, 0.3) is 0 Å². The Balaban J connectivity index is 1.55. The van der Waals surface area contributed by atoms with Gasteiger partial charge < -0.3 is 14.6 Å². The molecule has 0 amide bonds. The third-order valence-corrected chi connectivity index (χ3v) is 4.64. The number of aromatic nitrogens is 4. The Kier molecular flexibility index (Phi) is 4.89. The number of ether oxygens (including phenoxy) is 1. The van der Waals surface area contributed by atoms with Crippen molar-refractivity contribution in [3.05, 3.63) is 77.9 Å². The molecule has 0 radical (unpaired) electrons. The highest BCUT2D eigenvalue weighted by Crippen LogP contribution is 2.27. The van der Waals surface area contributed by atoms with Crippen LogP contribution < -0.4 is 10.1 Å². The molecule has 0 aliphatic rings. The molecule has 2 aromatic carbocycles. The number of anilines is 1. The van der Waals surface area contributed by atoms with E-state index in [1.807, 2.05) is 19.2 Å². The Bertz CT molecular complexity index is 1120. The molecule has 0 aliphatic heterocycles. The molecule has 1 N–H and O–H groups in total. The zero-order valence-electron chi connectivity index (χ0n) is 15.7. The van der Waals surface area contributed by atoms with E-state index in [2.05, 4.69) is 43.0 Å². The molecule has 6 nitrogen and oxygen atoms in total. The number of nitrogens with one attached hydrogen (secondary N) is 1. The highest BCUT2D eigenvalue weighted by Gasteiger charge is 2.10. The van der Waals surface area contributed by atoms with E-state index in [0.29, 0.717) is 23.3 Å². The van der Waals surface area contributed by atoms with Crippen molar-refractivity contribution in [2.75, 3.05) is 12.4 Å². The maximum Gasteiger partial charge on any atom is 0.167 e. The lowest BCUT2D eigenvalue weighted by Gasteiger charge is -2.11. The van der Waals surface area contributed by atoms with Crippen LogP contribution in [0.1, 0.15) is 17.0 Å². The maximum absolute atomic E-state index is 13.9. The highest BCUT2D eigenvalue weighted by molar-refractivity contribution is 5.90. The van der Waals surface area contributed by atoms with Crippen LogP contribution >= 0.6 is 0 Å². The van der Waals surface area contributed by atoms with Crippen LogP contribution in [0.5, 0.6) is 5.75 Å². The fraction of sp³-hybridized carbons (Fsp3) is 0.190. The van der Waals surface area contributed by atoms with Crippen molar-refractivity contribution in [2.24, 2.45) is 0 Å². The van der Waals surface area contributed by atoms with Gasteiger partial charge in [0, 0.05) is 36.9 Å². The number of aryl methyl sites for hydroxylation is 1. The first-order chi connectivity index (χ1) is 13.6. The summed E-state index contributed by atoms with van der Waals surface area (Å²) in [5.41, 5.74) is 2.84. The summed E-state index contributed by atoms with van der Waals surface area (Å²) in [6.45, 7) is 3.35. The van der Waals surface area contributed by atoms with Crippen molar-refractivity contribution in [3.63, 3.8) is 0 Å². The lowest BCUT2D eigenvalue weighted by molar-refractivity contribution is 0.387. The molecule has 0 bridgehead atoms. The zero-order chi connectivity index (χ0) is 19.5. The summed E-state index contributed by atoms with van der Waals surface area (Å²) in [7, 11) is 1.44. The van der Waals surface area contributed by atoms with Gasteiger partial charge in [-0.1, -0.05) is 24.3 Å². The molecule has 4 aromatic rings. The average molecular weight is 377 g/mol. The SMILES string of the molecule is COc1cc2c(NCc3cccc(Cn4ccnc4C)c3)ncnc2cc1F. The molecular formula is C21H20FN5O. The quantitative estimate of drug-likeness (QED) is 0.551. The average Bonchev–Trinajstić information content (AvgIpc) is 3.10. The molecule has 0 aliphatic carbocycles.